The van der Waals surface area contributed by atoms with Crippen LogP contribution in [0.2, 0.25) is 0 Å². The van der Waals surface area contributed by atoms with Crippen molar-refractivity contribution in [1.82, 2.24) is 0 Å². The van der Waals surface area contributed by atoms with E-state index in [9.17, 15) is 4.39 Å². The predicted molar refractivity (Wildman–Crippen MR) is 48.2 cm³/mol. The van der Waals surface area contributed by atoms with E-state index in [0.717, 1.165) is 22.0 Å². The zero-order valence-corrected chi connectivity index (χ0v) is 8.20. The molecule has 0 aromatic heterocycles. The van der Waals surface area contributed by atoms with Gasteiger partial charge in [0.15, 0.2) is 0 Å². The van der Waals surface area contributed by atoms with E-state index in [0.29, 0.717) is 0 Å². The number of hydrogen-bond donors (Lipinski definition) is 0. The maximum atomic E-state index is 13.1. The summed E-state index contributed by atoms with van der Waals surface area (Å²) in [6, 6.07) is 3.44. The molecule has 0 aliphatic carbocycles. The van der Waals surface area contributed by atoms with Crippen molar-refractivity contribution in [3.8, 4) is 0 Å². The van der Waals surface area contributed by atoms with Gasteiger partial charge in [-0.1, -0.05) is 22.9 Å². The number of aryl methyl sites for hydroxylation is 1. The van der Waals surface area contributed by atoms with E-state index in [1.807, 2.05) is 19.9 Å². The second-order valence-corrected chi connectivity index (χ2v) is 3.45. The maximum absolute atomic E-state index is 13.1. The Balaban J connectivity index is 3.25. The average Bonchev–Trinajstić information content (AvgIpc) is 1.85. The number of benzene rings is 1. The molecule has 0 fully saturated rings. The van der Waals surface area contributed by atoms with Crippen molar-refractivity contribution in [3.63, 3.8) is 0 Å². The molecule has 0 heterocycles. The molecule has 2 heteroatoms. The lowest BCUT2D eigenvalue weighted by atomic mass is 10.1. The summed E-state index contributed by atoms with van der Waals surface area (Å²) in [4.78, 5) is 0. The summed E-state index contributed by atoms with van der Waals surface area (Å²) in [5.74, 6) is -0.112. The van der Waals surface area contributed by atoms with Gasteiger partial charge in [0.2, 0.25) is 0 Å². The molecule has 0 aliphatic rings. The van der Waals surface area contributed by atoms with Gasteiger partial charge in [-0.3, -0.25) is 0 Å². The number of rotatable bonds is 1. The molecule has 1 rings (SSSR count). The van der Waals surface area contributed by atoms with Crippen molar-refractivity contribution in [1.29, 1.82) is 0 Å². The molecule has 1 aromatic carbocycles. The zero-order valence-electron chi connectivity index (χ0n) is 6.62. The van der Waals surface area contributed by atoms with Gasteiger partial charge in [0.25, 0.3) is 0 Å². The summed E-state index contributed by atoms with van der Waals surface area (Å²) in [7, 11) is 0. The molecule has 0 spiro atoms. The Morgan fingerprint density at radius 3 is 2.55 bits per heavy atom. The van der Waals surface area contributed by atoms with E-state index in [2.05, 4.69) is 15.9 Å². The summed E-state index contributed by atoms with van der Waals surface area (Å²) in [5, 5.41) is 0. The molecule has 0 aliphatic heterocycles. The third kappa shape index (κ3) is 1.80. The Morgan fingerprint density at radius 2 is 2.09 bits per heavy atom. The molecule has 0 N–H and O–H groups in total. The van der Waals surface area contributed by atoms with Gasteiger partial charge in [0.05, 0.1) is 0 Å². The summed E-state index contributed by atoms with van der Waals surface area (Å²) in [6.45, 7) is 3.88. The second kappa shape index (κ2) is 3.35. The Kier molecular flexibility index (Phi) is 2.66. The molecule has 0 bridgehead atoms. The fourth-order valence-corrected chi connectivity index (χ4v) is 1.72. The molecule has 0 amide bonds. The van der Waals surface area contributed by atoms with Crippen molar-refractivity contribution in [2.45, 2.75) is 20.3 Å². The lowest BCUT2D eigenvalue weighted by Crippen LogP contribution is -1.91. The summed E-state index contributed by atoms with van der Waals surface area (Å²) in [5.41, 5.74) is 1.83. The van der Waals surface area contributed by atoms with Crippen LogP contribution in [0, 0.1) is 12.7 Å². The van der Waals surface area contributed by atoms with Gasteiger partial charge < -0.3 is 0 Å². The van der Waals surface area contributed by atoms with Gasteiger partial charge in [0.1, 0.15) is 5.82 Å². The third-order valence-corrected chi connectivity index (χ3v) is 2.19. The Hall–Kier alpha value is -0.370. The van der Waals surface area contributed by atoms with Crippen LogP contribution in [0.1, 0.15) is 18.1 Å². The van der Waals surface area contributed by atoms with Crippen LogP contribution >= 0.6 is 15.9 Å². The minimum absolute atomic E-state index is 0.112. The Morgan fingerprint density at radius 1 is 1.45 bits per heavy atom. The van der Waals surface area contributed by atoms with Crippen LogP contribution in [-0.4, -0.2) is 0 Å². The fraction of sp³-hybridized carbons (Fsp3) is 0.333. The van der Waals surface area contributed by atoms with Gasteiger partial charge in [-0.25, -0.2) is 4.39 Å². The SMILES string of the molecule is CCc1c(C)cc(Br)cc1F. The third-order valence-electron chi connectivity index (χ3n) is 1.74. The standard InChI is InChI=1S/C9H10BrF/c1-3-8-6(2)4-7(10)5-9(8)11/h4-5H,3H2,1-2H3. The topological polar surface area (TPSA) is 0 Å². The molecule has 0 radical (unpaired) electrons. The second-order valence-electron chi connectivity index (χ2n) is 2.54. The van der Waals surface area contributed by atoms with E-state index >= 15 is 0 Å². The fourth-order valence-electron chi connectivity index (χ4n) is 1.18. The molecular formula is C9H10BrF. The van der Waals surface area contributed by atoms with Crippen molar-refractivity contribution >= 4 is 15.9 Å². The quantitative estimate of drug-likeness (QED) is 0.675. The largest absolute Gasteiger partial charge is 0.207 e. The summed E-state index contributed by atoms with van der Waals surface area (Å²) < 4.78 is 13.9. The Labute approximate surface area is 74.6 Å². The van der Waals surface area contributed by atoms with Gasteiger partial charge in [0, 0.05) is 4.47 Å². The summed E-state index contributed by atoms with van der Waals surface area (Å²) >= 11 is 3.24. The lowest BCUT2D eigenvalue weighted by Gasteiger charge is -2.04. The van der Waals surface area contributed by atoms with E-state index < -0.39 is 0 Å². The molecule has 11 heavy (non-hydrogen) atoms. The molecule has 0 nitrogen and oxygen atoms in total. The van der Waals surface area contributed by atoms with Crippen molar-refractivity contribution in [2.75, 3.05) is 0 Å². The van der Waals surface area contributed by atoms with Crippen LogP contribution < -0.4 is 0 Å². The van der Waals surface area contributed by atoms with Gasteiger partial charge in [-0.2, -0.15) is 0 Å². The highest BCUT2D eigenvalue weighted by Gasteiger charge is 2.03. The van der Waals surface area contributed by atoms with Gasteiger partial charge in [-0.15, -0.1) is 0 Å². The molecule has 0 atom stereocenters. The first-order valence-electron chi connectivity index (χ1n) is 3.59. The monoisotopic (exact) mass is 216 g/mol. The zero-order chi connectivity index (χ0) is 8.43. The van der Waals surface area contributed by atoms with E-state index in [1.54, 1.807) is 0 Å². The lowest BCUT2D eigenvalue weighted by molar-refractivity contribution is 0.609. The normalized spacial score (nSPS) is 10.2. The molecular weight excluding hydrogens is 207 g/mol. The van der Waals surface area contributed by atoms with Crippen molar-refractivity contribution < 1.29 is 4.39 Å². The van der Waals surface area contributed by atoms with E-state index in [4.69, 9.17) is 0 Å². The van der Waals surface area contributed by atoms with Crippen LogP contribution in [0.3, 0.4) is 0 Å². The Bertz CT molecular complexity index is 245. The van der Waals surface area contributed by atoms with Gasteiger partial charge in [-0.05, 0) is 36.6 Å². The predicted octanol–water partition coefficient (Wildman–Crippen LogP) is 3.46. The summed E-state index contributed by atoms with van der Waals surface area (Å²) in [6.07, 6.45) is 0.755. The van der Waals surface area contributed by atoms with Crippen molar-refractivity contribution in [2.24, 2.45) is 0 Å². The van der Waals surface area contributed by atoms with Crippen LogP contribution in [0.15, 0.2) is 16.6 Å². The van der Waals surface area contributed by atoms with Crippen LogP contribution in [0.5, 0.6) is 0 Å². The van der Waals surface area contributed by atoms with Gasteiger partial charge >= 0.3 is 0 Å². The van der Waals surface area contributed by atoms with Crippen molar-refractivity contribution in [3.05, 3.63) is 33.5 Å². The minimum Gasteiger partial charge on any atom is -0.207 e. The highest BCUT2D eigenvalue weighted by Crippen LogP contribution is 2.19. The maximum Gasteiger partial charge on any atom is 0.127 e. The van der Waals surface area contributed by atoms with E-state index in [1.165, 1.54) is 6.07 Å². The van der Waals surface area contributed by atoms with Crippen LogP contribution in [-0.2, 0) is 6.42 Å². The van der Waals surface area contributed by atoms with Crippen LogP contribution in [0.25, 0.3) is 0 Å². The average molecular weight is 217 g/mol. The smallest absolute Gasteiger partial charge is 0.127 e. The molecule has 0 saturated carbocycles. The molecule has 0 unspecified atom stereocenters. The highest BCUT2D eigenvalue weighted by molar-refractivity contribution is 9.10. The minimum atomic E-state index is -0.112. The van der Waals surface area contributed by atoms with Crippen LogP contribution in [0.4, 0.5) is 4.39 Å². The molecule has 0 saturated heterocycles. The van der Waals surface area contributed by atoms with E-state index in [-0.39, 0.29) is 5.82 Å². The highest BCUT2D eigenvalue weighted by atomic mass is 79.9. The number of halogens is 2. The number of hydrogen-bond acceptors (Lipinski definition) is 0. The first-order valence-corrected chi connectivity index (χ1v) is 4.39. The molecule has 60 valence electrons. The first kappa shape index (κ1) is 8.72. The first-order chi connectivity index (χ1) is 5.15. The molecule has 1 aromatic rings.